The Labute approximate surface area is 126 Å². The first kappa shape index (κ1) is 19.0. The van der Waals surface area contributed by atoms with Crippen LogP contribution in [-0.2, 0) is 6.42 Å². The number of aliphatic hydroxyl groups is 2. The van der Waals surface area contributed by atoms with E-state index < -0.39 is 0 Å². The maximum atomic E-state index is 8.95. The van der Waals surface area contributed by atoms with Crippen LogP contribution in [0.5, 0.6) is 11.5 Å². The highest BCUT2D eigenvalue weighted by Gasteiger charge is 2.07. The van der Waals surface area contributed by atoms with Gasteiger partial charge in [0.15, 0.2) is 11.5 Å². The SMILES string of the molecule is COc1ccc(CCN(CCO)CCO)cc1OC.Cl. The van der Waals surface area contributed by atoms with E-state index in [4.69, 9.17) is 19.7 Å². The number of nitrogens with zero attached hydrogens (tertiary/aromatic N) is 1. The van der Waals surface area contributed by atoms with Crippen molar-refractivity contribution in [3.8, 4) is 11.5 Å². The lowest BCUT2D eigenvalue weighted by atomic mass is 10.1. The molecular formula is C14H24ClNO4. The highest BCUT2D eigenvalue weighted by Crippen LogP contribution is 2.27. The molecule has 1 aromatic rings. The molecule has 0 heterocycles. The zero-order valence-electron chi connectivity index (χ0n) is 12.0. The summed E-state index contributed by atoms with van der Waals surface area (Å²) in [5.74, 6) is 1.43. The maximum absolute atomic E-state index is 8.95. The van der Waals surface area contributed by atoms with E-state index in [1.807, 2.05) is 23.1 Å². The molecular weight excluding hydrogens is 282 g/mol. The summed E-state index contributed by atoms with van der Waals surface area (Å²) in [5.41, 5.74) is 1.14. The van der Waals surface area contributed by atoms with Crippen molar-refractivity contribution >= 4 is 12.4 Å². The van der Waals surface area contributed by atoms with Crippen molar-refractivity contribution in [1.82, 2.24) is 4.90 Å². The number of benzene rings is 1. The summed E-state index contributed by atoms with van der Waals surface area (Å²) in [6.07, 6.45) is 0.834. The second kappa shape index (κ2) is 10.7. The normalized spacial score (nSPS) is 10.2. The van der Waals surface area contributed by atoms with Gasteiger partial charge < -0.3 is 19.7 Å². The van der Waals surface area contributed by atoms with E-state index in [0.29, 0.717) is 18.8 Å². The Morgan fingerprint density at radius 1 is 0.950 bits per heavy atom. The van der Waals surface area contributed by atoms with Gasteiger partial charge in [0.1, 0.15) is 0 Å². The minimum atomic E-state index is 0. The quantitative estimate of drug-likeness (QED) is 0.711. The van der Waals surface area contributed by atoms with Crippen molar-refractivity contribution in [2.45, 2.75) is 6.42 Å². The molecule has 0 fully saturated rings. The molecule has 0 amide bonds. The van der Waals surface area contributed by atoms with Crippen LogP contribution < -0.4 is 9.47 Å². The molecule has 6 heteroatoms. The predicted molar refractivity (Wildman–Crippen MR) is 81.1 cm³/mol. The van der Waals surface area contributed by atoms with Crippen molar-refractivity contribution in [2.24, 2.45) is 0 Å². The van der Waals surface area contributed by atoms with Gasteiger partial charge in [-0.05, 0) is 24.1 Å². The molecule has 0 saturated carbocycles. The van der Waals surface area contributed by atoms with Gasteiger partial charge >= 0.3 is 0 Å². The van der Waals surface area contributed by atoms with E-state index in [-0.39, 0.29) is 25.6 Å². The van der Waals surface area contributed by atoms with Crippen LogP contribution in [-0.4, -0.2) is 62.2 Å². The Morgan fingerprint density at radius 2 is 1.55 bits per heavy atom. The Kier molecular flexibility index (Phi) is 10.2. The summed E-state index contributed by atoms with van der Waals surface area (Å²) in [6.45, 7) is 2.15. The summed E-state index contributed by atoms with van der Waals surface area (Å²) in [5, 5.41) is 17.9. The molecule has 0 unspecified atom stereocenters. The molecule has 116 valence electrons. The van der Waals surface area contributed by atoms with E-state index in [0.717, 1.165) is 24.3 Å². The van der Waals surface area contributed by atoms with Gasteiger partial charge in [0.05, 0.1) is 27.4 Å². The largest absolute Gasteiger partial charge is 0.493 e. The minimum Gasteiger partial charge on any atom is -0.493 e. The van der Waals surface area contributed by atoms with E-state index in [9.17, 15) is 0 Å². The summed E-state index contributed by atoms with van der Waals surface area (Å²) in [6, 6.07) is 5.84. The molecule has 0 aliphatic heterocycles. The number of aliphatic hydroxyl groups excluding tert-OH is 2. The van der Waals surface area contributed by atoms with Crippen LogP contribution in [0.4, 0.5) is 0 Å². The molecule has 0 radical (unpaired) electrons. The number of methoxy groups -OCH3 is 2. The number of rotatable bonds is 9. The standard InChI is InChI=1S/C14H23NO4.ClH/c1-18-13-4-3-12(11-14(13)19-2)5-6-15(7-9-16)8-10-17;/h3-4,11,16-17H,5-10H2,1-2H3;1H. The lowest BCUT2D eigenvalue weighted by Crippen LogP contribution is -2.31. The smallest absolute Gasteiger partial charge is 0.160 e. The third kappa shape index (κ3) is 5.96. The molecule has 0 aromatic heterocycles. The second-order valence-electron chi connectivity index (χ2n) is 4.23. The van der Waals surface area contributed by atoms with Crippen LogP contribution in [0.15, 0.2) is 18.2 Å². The Bertz CT molecular complexity index is 370. The van der Waals surface area contributed by atoms with Crippen LogP contribution in [0.2, 0.25) is 0 Å². The van der Waals surface area contributed by atoms with Crippen LogP contribution >= 0.6 is 12.4 Å². The summed E-state index contributed by atoms with van der Waals surface area (Å²) in [4.78, 5) is 2.02. The van der Waals surface area contributed by atoms with Crippen LogP contribution in [0.3, 0.4) is 0 Å². The highest BCUT2D eigenvalue weighted by atomic mass is 35.5. The highest BCUT2D eigenvalue weighted by molar-refractivity contribution is 5.85. The van der Waals surface area contributed by atoms with E-state index in [1.54, 1.807) is 14.2 Å². The van der Waals surface area contributed by atoms with Gasteiger partial charge in [0.25, 0.3) is 0 Å². The van der Waals surface area contributed by atoms with Crippen molar-refractivity contribution < 1.29 is 19.7 Å². The molecule has 5 nitrogen and oxygen atoms in total. The fourth-order valence-corrected chi connectivity index (χ4v) is 1.94. The molecule has 0 saturated heterocycles. The van der Waals surface area contributed by atoms with Crippen molar-refractivity contribution in [1.29, 1.82) is 0 Å². The summed E-state index contributed by atoms with van der Waals surface area (Å²) < 4.78 is 10.5. The summed E-state index contributed by atoms with van der Waals surface area (Å²) >= 11 is 0. The second-order valence-corrected chi connectivity index (χ2v) is 4.23. The average Bonchev–Trinajstić information content (AvgIpc) is 2.44. The fourth-order valence-electron chi connectivity index (χ4n) is 1.94. The molecule has 0 aliphatic rings. The van der Waals surface area contributed by atoms with E-state index >= 15 is 0 Å². The van der Waals surface area contributed by atoms with E-state index in [1.165, 1.54) is 0 Å². The van der Waals surface area contributed by atoms with Crippen LogP contribution in [0.1, 0.15) is 5.56 Å². The Hall–Kier alpha value is -1.01. The van der Waals surface area contributed by atoms with Gasteiger partial charge in [0, 0.05) is 19.6 Å². The number of ether oxygens (including phenoxy) is 2. The third-order valence-electron chi connectivity index (χ3n) is 3.00. The lowest BCUT2D eigenvalue weighted by Gasteiger charge is -2.20. The van der Waals surface area contributed by atoms with Crippen molar-refractivity contribution in [3.05, 3.63) is 23.8 Å². The minimum absolute atomic E-state index is 0. The molecule has 0 bridgehead atoms. The third-order valence-corrected chi connectivity index (χ3v) is 3.00. The number of hydrogen-bond acceptors (Lipinski definition) is 5. The first-order valence-corrected chi connectivity index (χ1v) is 6.40. The molecule has 0 spiro atoms. The van der Waals surface area contributed by atoms with E-state index in [2.05, 4.69) is 0 Å². The first-order valence-electron chi connectivity index (χ1n) is 6.40. The Morgan fingerprint density at radius 3 is 2.05 bits per heavy atom. The number of halogens is 1. The topological polar surface area (TPSA) is 62.2 Å². The zero-order chi connectivity index (χ0) is 14.1. The predicted octanol–water partition coefficient (Wildman–Crippen LogP) is 0.955. The first-order chi connectivity index (χ1) is 9.24. The number of hydrogen-bond donors (Lipinski definition) is 2. The van der Waals surface area contributed by atoms with Gasteiger partial charge in [-0.25, -0.2) is 0 Å². The average molecular weight is 306 g/mol. The van der Waals surface area contributed by atoms with Crippen LogP contribution in [0.25, 0.3) is 0 Å². The summed E-state index contributed by atoms with van der Waals surface area (Å²) in [7, 11) is 3.23. The molecule has 0 atom stereocenters. The van der Waals surface area contributed by atoms with Gasteiger partial charge in [-0.1, -0.05) is 6.07 Å². The van der Waals surface area contributed by atoms with Crippen molar-refractivity contribution in [2.75, 3.05) is 47.1 Å². The molecule has 1 rings (SSSR count). The van der Waals surface area contributed by atoms with Gasteiger partial charge in [-0.2, -0.15) is 0 Å². The molecule has 1 aromatic carbocycles. The van der Waals surface area contributed by atoms with Gasteiger partial charge in [-0.3, -0.25) is 4.90 Å². The van der Waals surface area contributed by atoms with Gasteiger partial charge in [-0.15, -0.1) is 12.4 Å². The van der Waals surface area contributed by atoms with Gasteiger partial charge in [0.2, 0.25) is 0 Å². The monoisotopic (exact) mass is 305 g/mol. The molecule has 20 heavy (non-hydrogen) atoms. The molecule has 2 N–H and O–H groups in total. The fraction of sp³-hybridized carbons (Fsp3) is 0.571. The van der Waals surface area contributed by atoms with Crippen molar-refractivity contribution in [3.63, 3.8) is 0 Å². The zero-order valence-corrected chi connectivity index (χ0v) is 12.9. The van der Waals surface area contributed by atoms with Crippen LogP contribution in [0, 0.1) is 0 Å². The molecule has 0 aliphatic carbocycles. The maximum Gasteiger partial charge on any atom is 0.160 e. The lowest BCUT2D eigenvalue weighted by molar-refractivity contribution is 0.162. The Balaban J connectivity index is 0.00000361.